The van der Waals surface area contributed by atoms with E-state index in [0.717, 1.165) is 33.8 Å². The maximum Gasteiger partial charge on any atom is 0.316 e. The van der Waals surface area contributed by atoms with Gasteiger partial charge in [0.05, 0.1) is 25.1 Å². The number of methoxy groups -OCH3 is 1. The number of halogens is 1. The lowest BCUT2D eigenvalue weighted by Crippen LogP contribution is -2.10. The van der Waals surface area contributed by atoms with E-state index in [1.807, 2.05) is 24.4 Å². The van der Waals surface area contributed by atoms with Crippen LogP contribution in [-0.2, 0) is 13.0 Å². The third-order valence-electron chi connectivity index (χ3n) is 5.41. The van der Waals surface area contributed by atoms with Crippen molar-refractivity contribution in [2.75, 3.05) is 19.0 Å². The molecule has 9 heteroatoms. The van der Waals surface area contributed by atoms with Gasteiger partial charge in [0, 0.05) is 53.8 Å². The highest BCUT2D eigenvalue weighted by Gasteiger charge is 2.20. The molecule has 8 nitrogen and oxygen atoms in total. The van der Waals surface area contributed by atoms with Gasteiger partial charge in [-0.15, -0.1) is 0 Å². The highest BCUT2D eigenvalue weighted by atomic mass is 19.1. The summed E-state index contributed by atoms with van der Waals surface area (Å²) in [5, 5.41) is 3.26. The third kappa shape index (κ3) is 3.31. The van der Waals surface area contributed by atoms with Crippen molar-refractivity contribution < 1.29 is 13.9 Å². The number of hydrogen-bond donors (Lipinski definition) is 1. The fraction of sp³-hybridized carbons (Fsp3) is 0.273. The van der Waals surface area contributed by atoms with E-state index in [4.69, 9.17) is 9.47 Å². The van der Waals surface area contributed by atoms with Crippen LogP contribution in [0.4, 0.5) is 10.3 Å². The Balaban J connectivity index is 1.52. The van der Waals surface area contributed by atoms with Crippen molar-refractivity contribution in [1.29, 1.82) is 0 Å². The van der Waals surface area contributed by atoms with Gasteiger partial charge >= 0.3 is 6.01 Å². The summed E-state index contributed by atoms with van der Waals surface area (Å²) in [6, 6.07) is 3.44. The van der Waals surface area contributed by atoms with Crippen LogP contribution in [0.25, 0.3) is 16.8 Å². The summed E-state index contributed by atoms with van der Waals surface area (Å²) in [4.78, 5) is 17.8. The average Bonchev–Trinajstić information content (AvgIpc) is 3.39. The van der Waals surface area contributed by atoms with E-state index in [-0.39, 0.29) is 5.82 Å². The van der Waals surface area contributed by atoms with Gasteiger partial charge in [0.2, 0.25) is 5.95 Å². The summed E-state index contributed by atoms with van der Waals surface area (Å²) in [6.45, 7) is 4.67. The average molecular weight is 420 g/mol. The molecule has 1 aliphatic rings. The second-order valence-corrected chi connectivity index (χ2v) is 7.38. The van der Waals surface area contributed by atoms with Crippen LogP contribution in [0.15, 0.2) is 30.7 Å². The Morgan fingerprint density at radius 2 is 2.00 bits per heavy atom. The molecule has 1 aromatic carbocycles. The fourth-order valence-electron chi connectivity index (χ4n) is 3.90. The first-order chi connectivity index (χ1) is 15.0. The van der Waals surface area contributed by atoms with Gasteiger partial charge in [-0.1, -0.05) is 0 Å². The molecule has 0 saturated heterocycles. The Kier molecular flexibility index (Phi) is 4.65. The minimum absolute atomic E-state index is 0.252. The van der Waals surface area contributed by atoms with Crippen LogP contribution in [0.2, 0.25) is 0 Å². The molecule has 0 aliphatic carbocycles. The van der Waals surface area contributed by atoms with Crippen molar-refractivity contribution in [1.82, 2.24) is 24.3 Å². The van der Waals surface area contributed by atoms with E-state index in [1.165, 1.54) is 13.2 Å². The largest absolute Gasteiger partial charge is 0.493 e. The number of ether oxygens (including phenoxy) is 2. The van der Waals surface area contributed by atoms with Crippen LogP contribution in [0.5, 0.6) is 11.8 Å². The lowest BCUT2D eigenvalue weighted by Gasteiger charge is -2.13. The zero-order chi connectivity index (χ0) is 21.5. The molecule has 1 N–H and O–H groups in total. The number of aromatic nitrogens is 5. The molecule has 1 aliphatic heterocycles. The first-order valence-electron chi connectivity index (χ1n) is 9.94. The molecule has 4 heterocycles. The van der Waals surface area contributed by atoms with Crippen molar-refractivity contribution in [2.24, 2.45) is 0 Å². The normalized spacial score (nSPS) is 12.6. The van der Waals surface area contributed by atoms with Gasteiger partial charge in [0.15, 0.2) is 0 Å². The molecular weight excluding hydrogens is 399 g/mol. The second-order valence-electron chi connectivity index (χ2n) is 7.38. The first kappa shape index (κ1) is 19.2. The van der Waals surface area contributed by atoms with Crippen LogP contribution in [0.1, 0.15) is 22.5 Å². The molecule has 0 radical (unpaired) electrons. The number of imidazole rings is 1. The van der Waals surface area contributed by atoms with Crippen molar-refractivity contribution in [3.63, 3.8) is 0 Å². The monoisotopic (exact) mass is 420 g/mol. The minimum Gasteiger partial charge on any atom is -0.493 e. The highest BCUT2D eigenvalue weighted by Crippen LogP contribution is 2.31. The van der Waals surface area contributed by atoms with Gasteiger partial charge in [0.1, 0.15) is 17.2 Å². The number of anilines is 1. The maximum atomic E-state index is 14.5. The summed E-state index contributed by atoms with van der Waals surface area (Å²) in [5.41, 5.74) is 5.45. The summed E-state index contributed by atoms with van der Waals surface area (Å²) in [5.74, 6) is 1.07. The Labute approximate surface area is 178 Å². The number of hydrogen-bond acceptors (Lipinski definition) is 7. The van der Waals surface area contributed by atoms with Gasteiger partial charge in [-0.25, -0.2) is 19.3 Å². The van der Waals surface area contributed by atoms with Crippen LogP contribution >= 0.6 is 0 Å². The van der Waals surface area contributed by atoms with Crippen LogP contribution in [0, 0.1) is 19.7 Å². The predicted octanol–water partition coefficient (Wildman–Crippen LogP) is 3.50. The van der Waals surface area contributed by atoms with Gasteiger partial charge < -0.3 is 14.8 Å². The van der Waals surface area contributed by atoms with E-state index < -0.39 is 0 Å². The summed E-state index contributed by atoms with van der Waals surface area (Å²) in [7, 11) is 1.53. The summed E-state index contributed by atoms with van der Waals surface area (Å²) >= 11 is 0. The smallest absolute Gasteiger partial charge is 0.316 e. The molecule has 31 heavy (non-hydrogen) atoms. The first-order valence-corrected chi connectivity index (χ1v) is 9.94. The Hall–Kier alpha value is -3.75. The Bertz CT molecular complexity index is 1300. The number of rotatable bonds is 5. The molecule has 5 rings (SSSR count). The standard InChI is InChI=1S/C22H21FN6O2/c1-12-11-29-20(27-12)17(15-8-26-22(30-3)28-13(15)2)10-25-21(29)24-9-16-14-6-7-31-19(14)5-4-18(16)23/h4-5,8,10-11H,6-7,9H2,1-3H3,(H,24,25). The SMILES string of the molecule is COc1ncc(-c2cnc(NCc3c(F)ccc4c3CCO4)n3cc(C)nc23)c(C)n1. The molecular formula is C22H21FN6O2. The lowest BCUT2D eigenvalue weighted by molar-refractivity contribution is 0.356. The van der Waals surface area contributed by atoms with Gasteiger partial charge in [-0.3, -0.25) is 4.40 Å². The van der Waals surface area contributed by atoms with E-state index in [2.05, 4.69) is 25.3 Å². The fourth-order valence-corrected chi connectivity index (χ4v) is 3.90. The predicted molar refractivity (Wildman–Crippen MR) is 113 cm³/mol. The number of aryl methyl sites for hydroxylation is 2. The van der Waals surface area contributed by atoms with Crippen molar-refractivity contribution in [3.8, 4) is 22.9 Å². The van der Waals surface area contributed by atoms with Gasteiger partial charge in [-0.2, -0.15) is 4.98 Å². The molecule has 3 aromatic heterocycles. The summed E-state index contributed by atoms with van der Waals surface area (Å²) < 4.78 is 27.0. The molecule has 0 bridgehead atoms. The van der Waals surface area contributed by atoms with Crippen LogP contribution in [0.3, 0.4) is 0 Å². The minimum atomic E-state index is -0.252. The number of nitrogens with one attached hydrogen (secondary N) is 1. The second kappa shape index (κ2) is 7.50. The molecule has 158 valence electrons. The zero-order valence-electron chi connectivity index (χ0n) is 17.4. The lowest BCUT2D eigenvalue weighted by atomic mass is 10.0. The van der Waals surface area contributed by atoms with Crippen molar-refractivity contribution in [2.45, 2.75) is 26.8 Å². The van der Waals surface area contributed by atoms with Crippen molar-refractivity contribution in [3.05, 3.63) is 59.1 Å². The number of fused-ring (bicyclic) bond motifs is 2. The number of benzene rings is 1. The molecule has 0 atom stereocenters. The molecule has 0 amide bonds. The topological polar surface area (TPSA) is 86.5 Å². The quantitative estimate of drug-likeness (QED) is 0.529. The Morgan fingerprint density at radius 3 is 2.81 bits per heavy atom. The third-order valence-corrected chi connectivity index (χ3v) is 5.41. The summed E-state index contributed by atoms with van der Waals surface area (Å²) in [6.07, 6.45) is 6.03. The molecule has 0 spiro atoms. The van der Waals surface area contributed by atoms with Gasteiger partial charge in [0.25, 0.3) is 0 Å². The van der Waals surface area contributed by atoms with Crippen molar-refractivity contribution >= 4 is 11.6 Å². The molecule has 0 unspecified atom stereocenters. The van der Waals surface area contributed by atoms with E-state index in [0.29, 0.717) is 42.7 Å². The molecule has 4 aromatic rings. The van der Waals surface area contributed by atoms with E-state index >= 15 is 0 Å². The highest BCUT2D eigenvalue weighted by molar-refractivity contribution is 5.79. The maximum absolute atomic E-state index is 14.5. The molecule has 0 saturated carbocycles. The van der Waals surface area contributed by atoms with Crippen LogP contribution in [-0.4, -0.2) is 38.1 Å². The number of nitrogens with zero attached hydrogens (tertiary/aromatic N) is 5. The van der Waals surface area contributed by atoms with E-state index in [9.17, 15) is 4.39 Å². The van der Waals surface area contributed by atoms with Crippen LogP contribution < -0.4 is 14.8 Å². The Morgan fingerprint density at radius 1 is 1.16 bits per heavy atom. The molecule has 0 fully saturated rings. The van der Waals surface area contributed by atoms with E-state index in [1.54, 1.807) is 18.5 Å². The zero-order valence-corrected chi connectivity index (χ0v) is 17.4. The van der Waals surface area contributed by atoms with Gasteiger partial charge in [-0.05, 0) is 26.0 Å².